The zero-order valence-electron chi connectivity index (χ0n) is 11.3. The summed E-state index contributed by atoms with van der Waals surface area (Å²) in [7, 11) is 1.83. The number of aryl methyl sites for hydroxylation is 1. The quantitative estimate of drug-likeness (QED) is 0.887. The van der Waals surface area contributed by atoms with Gasteiger partial charge in [-0.1, -0.05) is 28.9 Å². The third-order valence-corrected chi connectivity index (χ3v) is 3.52. The maximum Gasteiger partial charge on any atom is 0.142 e. The Morgan fingerprint density at radius 1 is 1.45 bits per heavy atom. The van der Waals surface area contributed by atoms with Crippen molar-refractivity contribution in [3.05, 3.63) is 40.7 Å². The number of nitrogens with one attached hydrogen (secondary N) is 1. The summed E-state index contributed by atoms with van der Waals surface area (Å²) in [6.45, 7) is 1.15. The fourth-order valence-corrected chi connectivity index (χ4v) is 2.25. The molecule has 1 N–H and O–H groups in total. The molecule has 5 nitrogen and oxygen atoms in total. The van der Waals surface area contributed by atoms with Gasteiger partial charge in [0.1, 0.15) is 18.1 Å². The first-order chi connectivity index (χ1) is 9.72. The molecule has 1 aromatic carbocycles. The van der Waals surface area contributed by atoms with Gasteiger partial charge in [0.05, 0.1) is 11.2 Å². The summed E-state index contributed by atoms with van der Waals surface area (Å²) in [6.07, 6.45) is 4.35. The largest absolute Gasteiger partial charge is 0.485 e. The van der Waals surface area contributed by atoms with E-state index in [1.807, 2.05) is 31.4 Å². The van der Waals surface area contributed by atoms with Crippen LogP contribution in [0.1, 0.15) is 24.1 Å². The normalized spacial score (nSPS) is 14.5. The second-order valence-corrected chi connectivity index (χ2v) is 5.46. The van der Waals surface area contributed by atoms with E-state index < -0.39 is 0 Å². The van der Waals surface area contributed by atoms with Crippen molar-refractivity contribution >= 4 is 11.6 Å². The molecule has 0 saturated heterocycles. The molecule has 20 heavy (non-hydrogen) atoms. The highest BCUT2D eigenvalue weighted by Gasteiger charge is 2.21. The average molecular weight is 293 g/mol. The van der Waals surface area contributed by atoms with Crippen molar-refractivity contribution in [1.29, 1.82) is 0 Å². The van der Waals surface area contributed by atoms with E-state index in [0.717, 1.165) is 23.6 Å². The van der Waals surface area contributed by atoms with Crippen LogP contribution in [0.25, 0.3) is 0 Å². The van der Waals surface area contributed by atoms with Crippen LogP contribution in [0.4, 0.5) is 0 Å². The van der Waals surface area contributed by atoms with Gasteiger partial charge in [0.15, 0.2) is 0 Å². The third-order valence-electron chi connectivity index (χ3n) is 3.22. The summed E-state index contributed by atoms with van der Waals surface area (Å²) in [4.78, 5) is 0. The van der Waals surface area contributed by atoms with Crippen LogP contribution in [0.15, 0.2) is 24.4 Å². The van der Waals surface area contributed by atoms with E-state index in [0.29, 0.717) is 17.7 Å². The van der Waals surface area contributed by atoms with Crippen LogP contribution >= 0.6 is 11.6 Å². The molecule has 3 rings (SSSR count). The maximum absolute atomic E-state index is 6.24. The molecule has 1 fully saturated rings. The third kappa shape index (κ3) is 3.29. The number of hydrogen-bond donors (Lipinski definition) is 1. The highest BCUT2D eigenvalue weighted by Crippen LogP contribution is 2.30. The summed E-state index contributed by atoms with van der Waals surface area (Å²) in [5.74, 6) is 0.730. The van der Waals surface area contributed by atoms with Crippen LogP contribution in [0.3, 0.4) is 0 Å². The van der Waals surface area contributed by atoms with Crippen molar-refractivity contribution in [3.8, 4) is 5.75 Å². The van der Waals surface area contributed by atoms with Crippen molar-refractivity contribution in [1.82, 2.24) is 20.3 Å². The number of ether oxygens (including phenoxy) is 1. The van der Waals surface area contributed by atoms with E-state index in [1.54, 1.807) is 4.68 Å². The van der Waals surface area contributed by atoms with Crippen LogP contribution in [-0.2, 0) is 20.2 Å². The van der Waals surface area contributed by atoms with Crippen molar-refractivity contribution in [2.75, 3.05) is 0 Å². The summed E-state index contributed by atoms with van der Waals surface area (Å²) < 4.78 is 7.49. The topological polar surface area (TPSA) is 52.0 Å². The van der Waals surface area contributed by atoms with Gasteiger partial charge in [0, 0.05) is 25.2 Å². The van der Waals surface area contributed by atoms with Crippen LogP contribution in [0.2, 0.25) is 5.02 Å². The number of aromatic nitrogens is 3. The molecule has 0 amide bonds. The molecule has 1 aliphatic carbocycles. The summed E-state index contributed by atoms with van der Waals surface area (Å²) in [5, 5.41) is 12.0. The second kappa shape index (κ2) is 5.81. The first-order valence-electron chi connectivity index (χ1n) is 6.71. The van der Waals surface area contributed by atoms with Crippen molar-refractivity contribution in [3.63, 3.8) is 0 Å². The molecule has 0 bridgehead atoms. The maximum atomic E-state index is 6.24. The van der Waals surface area contributed by atoms with Gasteiger partial charge in [0.2, 0.25) is 0 Å². The Bertz CT molecular complexity index is 595. The number of nitrogens with zero attached hydrogens (tertiary/aromatic N) is 3. The highest BCUT2D eigenvalue weighted by atomic mass is 35.5. The molecule has 6 heteroatoms. The minimum Gasteiger partial charge on any atom is -0.485 e. The molecule has 1 aliphatic rings. The molecule has 1 saturated carbocycles. The van der Waals surface area contributed by atoms with Gasteiger partial charge in [-0.3, -0.25) is 4.68 Å². The van der Waals surface area contributed by atoms with Gasteiger partial charge < -0.3 is 10.1 Å². The Labute approximate surface area is 122 Å². The summed E-state index contributed by atoms with van der Waals surface area (Å²) >= 11 is 6.24. The average Bonchev–Trinajstić information content (AvgIpc) is 3.17. The molecule has 2 aromatic rings. The Balaban J connectivity index is 1.69. The fourth-order valence-electron chi connectivity index (χ4n) is 2.00. The zero-order chi connectivity index (χ0) is 13.9. The smallest absolute Gasteiger partial charge is 0.142 e. The van der Waals surface area contributed by atoms with Crippen molar-refractivity contribution < 1.29 is 4.74 Å². The van der Waals surface area contributed by atoms with Gasteiger partial charge in [0.25, 0.3) is 0 Å². The molecule has 0 unspecified atom stereocenters. The summed E-state index contributed by atoms with van der Waals surface area (Å²) in [6, 6.07) is 6.48. The summed E-state index contributed by atoms with van der Waals surface area (Å²) in [5.41, 5.74) is 1.86. The van der Waals surface area contributed by atoms with Gasteiger partial charge >= 0.3 is 0 Å². The van der Waals surface area contributed by atoms with Crippen LogP contribution in [0, 0.1) is 0 Å². The standard InChI is InChI=1S/C14H17ClN4O/c1-19-8-12(17-18-19)9-20-14-10(3-2-4-13(14)15)7-16-11-5-6-11/h2-4,8,11,16H,5-7,9H2,1H3. The predicted molar refractivity (Wildman–Crippen MR) is 76.6 cm³/mol. The Morgan fingerprint density at radius 3 is 3.00 bits per heavy atom. The Hall–Kier alpha value is -1.59. The van der Waals surface area contributed by atoms with E-state index in [1.165, 1.54) is 12.8 Å². The molecule has 0 spiro atoms. The zero-order valence-corrected chi connectivity index (χ0v) is 12.1. The first-order valence-corrected chi connectivity index (χ1v) is 7.09. The highest BCUT2D eigenvalue weighted by molar-refractivity contribution is 6.32. The SMILES string of the molecule is Cn1cc(COc2c(Cl)cccc2CNC2CC2)nn1. The lowest BCUT2D eigenvalue weighted by molar-refractivity contribution is 0.297. The molecule has 0 atom stereocenters. The van der Waals surface area contributed by atoms with Gasteiger partial charge in [-0.25, -0.2) is 0 Å². The number of para-hydroxylation sites is 1. The Morgan fingerprint density at radius 2 is 2.30 bits per heavy atom. The Kier molecular flexibility index (Phi) is 3.89. The first kappa shape index (κ1) is 13.4. The molecule has 106 valence electrons. The lowest BCUT2D eigenvalue weighted by atomic mass is 10.2. The molecule has 1 heterocycles. The molecule has 0 aliphatic heterocycles. The molecule has 1 aromatic heterocycles. The van der Waals surface area contributed by atoms with E-state index in [9.17, 15) is 0 Å². The van der Waals surface area contributed by atoms with E-state index in [-0.39, 0.29) is 0 Å². The fraction of sp³-hybridized carbons (Fsp3) is 0.429. The van der Waals surface area contributed by atoms with Gasteiger partial charge in [-0.05, 0) is 18.9 Å². The van der Waals surface area contributed by atoms with Crippen molar-refractivity contribution in [2.24, 2.45) is 7.05 Å². The van der Waals surface area contributed by atoms with Crippen LogP contribution in [-0.4, -0.2) is 21.0 Å². The van der Waals surface area contributed by atoms with Crippen LogP contribution < -0.4 is 10.1 Å². The lowest BCUT2D eigenvalue weighted by Gasteiger charge is -2.12. The van der Waals surface area contributed by atoms with Gasteiger partial charge in [-0.2, -0.15) is 0 Å². The van der Waals surface area contributed by atoms with Crippen LogP contribution in [0.5, 0.6) is 5.75 Å². The van der Waals surface area contributed by atoms with Crippen molar-refractivity contribution in [2.45, 2.75) is 32.0 Å². The number of rotatable bonds is 6. The van der Waals surface area contributed by atoms with Gasteiger partial charge in [-0.15, -0.1) is 5.10 Å². The number of hydrogen-bond acceptors (Lipinski definition) is 4. The number of halogens is 1. The van der Waals surface area contributed by atoms with E-state index in [4.69, 9.17) is 16.3 Å². The number of benzene rings is 1. The molecule has 0 radical (unpaired) electrons. The molecular weight excluding hydrogens is 276 g/mol. The molecular formula is C14H17ClN4O. The van der Waals surface area contributed by atoms with E-state index in [2.05, 4.69) is 15.6 Å². The second-order valence-electron chi connectivity index (χ2n) is 5.06. The lowest BCUT2D eigenvalue weighted by Crippen LogP contribution is -2.16. The monoisotopic (exact) mass is 292 g/mol. The predicted octanol–water partition coefficient (Wildman–Crippen LogP) is 2.30. The minimum absolute atomic E-state index is 0.369. The minimum atomic E-state index is 0.369. The van der Waals surface area contributed by atoms with E-state index >= 15 is 0 Å².